The van der Waals surface area contributed by atoms with Gasteiger partial charge in [-0.15, -0.1) is 5.92 Å². The predicted octanol–water partition coefficient (Wildman–Crippen LogP) is 0.609. The Labute approximate surface area is 105 Å². The summed E-state index contributed by atoms with van der Waals surface area (Å²) in [6.07, 6.45) is 1.20. The van der Waals surface area contributed by atoms with Crippen molar-refractivity contribution in [3.05, 3.63) is 23.2 Å². The quantitative estimate of drug-likeness (QED) is 0.406. The van der Waals surface area contributed by atoms with Gasteiger partial charge in [-0.3, -0.25) is 9.59 Å². The van der Waals surface area contributed by atoms with E-state index in [-0.39, 0.29) is 30.3 Å². The molecule has 0 heterocycles. The number of ether oxygens (including phenoxy) is 3. The molecule has 0 aromatic heterocycles. The third-order valence-electron chi connectivity index (χ3n) is 2.25. The highest BCUT2D eigenvalue weighted by atomic mass is 16.5. The standard InChI is InChI=1S/C13H14O5/c1-4-5-6-18-8-9-7-10(14)12(16-2)13(17-3)11(9)15/h7H,6,8H2,1-3H3. The second-order valence-corrected chi connectivity index (χ2v) is 3.35. The molecule has 1 rings (SSSR count). The fourth-order valence-corrected chi connectivity index (χ4v) is 1.42. The molecule has 0 N–H and O–H groups in total. The largest absolute Gasteiger partial charge is 0.490 e. The van der Waals surface area contributed by atoms with Crippen molar-refractivity contribution in [1.29, 1.82) is 0 Å². The molecule has 0 atom stereocenters. The number of rotatable bonds is 5. The Morgan fingerprint density at radius 3 is 2.39 bits per heavy atom. The number of carbonyl (C=O) groups excluding carboxylic acids is 2. The topological polar surface area (TPSA) is 61.8 Å². The van der Waals surface area contributed by atoms with Crippen molar-refractivity contribution in [1.82, 2.24) is 0 Å². The van der Waals surface area contributed by atoms with Crippen LogP contribution in [-0.4, -0.2) is 39.0 Å². The zero-order valence-corrected chi connectivity index (χ0v) is 10.5. The summed E-state index contributed by atoms with van der Waals surface area (Å²) in [5.74, 6) is 4.37. The minimum atomic E-state index is -0.408. The van der Waals surface area contributed by atoms with Crippen LogP contribution in [0.3, 0.4) is 0 Å². The highest BCUT2D eigenvalue weighted by molar-refractivity contribution is 6.21. The molecule has 0 fully saturated rings. The smallest absolute Gasteiger partial charge is 0.230 e. The molecule has 0 aromatic rings. The first kappa shape index (κ1) is 14.0. The van der Waals surface area contributed by atoms with Gasteiger partial charge in [-0.2, -0.15) is 0 Å². The maximum absolute atomic E-state index is 11.9. The molecule has 1 aliphatic carbocycles. The number of hydrogen-bond acceptors (Lipinski definition) is 5. The third kappa shape index (κ3) is 2.99. The van der Waals surface area contributed by atoms with E-state index in [1.807, 2.05) is 0 Å². The summed E-state index contributed by atoms with van der Waals surface area (Å²) in [6.45, 7) is 1.91. The van der Waals surface area contributed by atoms with Gasteiger partial charge in [0.15, 0.2) is 0 Å². The van der Waals surface area contributed by atoms with E-state index in [2.05, 4.69) is 11.8 Å². The fraction of sp³-hybridized carbons (Fsp3) is 0.385. The van der Waals surface area contributed by atoms with Crippen LogP contribution < -0.4 is 0 Å². The van der Waals surface area contributed by atoms with Crippen LogP contribution in [0.4, 0.5) is 0 Å². The molecule has 0 aromatic carbocycles. The number of allylic oxidation sites excluding steroid dienone is 2. The minimum Gasteiger partial charge on any atom is -0.490 e. The van der Waals surface area contributed by atoms with Crippen molar-refractivity contribution in [2.24, 2.45) is 0 Å². The van der Waals surface area contributed by atoms with E-state index in [1.165, 1.54) is 20.3 Å². The van der Waals surface area contributed by atoms with Gasteiger partial charge in [0.25, 0.3) is 0 Å². The first-order valence-corrected chi connectivity index (χ1v) is 5.24. The van der Waals surface area contributed by atoms with Crippen LogP contribution in [0.5, 0.6) is 0 Å². The van der Waals surface area contributed by atoms with Gasteiger partial charge in [0.2, 0.25) is 23.1 Å². The zero-order valence-electron chi connectivity index (χ0n) is 10.5. The summed E-state index contributed by atoms with van der Waals surface area (Å²) < 4.78 is 14.9. The number of hydrogen-bond donors (Lipinski definition) is 0. The van der Waals surface area contributed by atoms with E-state index in [4.69, 9.17) is 14.2 Å². The number of ketones is 2. The summed E-state index contributed by atoms with van der Waals surface area (Å²) in [5, 5.41) is 0. The molecule has 1 aliphatic rings. The Kier molecular flexibility index (Phi) is 5.15. The van der Waals surface area contributed by atoms with Gasteiger partial charge in [0.1, 0.15) is 6.61 Å². The highest BCUT2D eigenvalue weighted by Gasteiger charge is 2.30. The Morgan fingerprint density at radius 2 is 1.83 bits per heavy atom. The normalized spacial score (nSPS) is 14.9. The molecule has 18 heavy (non-hydrogen) atoms. The van der Waals surface area contributed by atoms with Gasteiger partial charge >= 0.3 is 0 Å². The van der Waals surface area contributed by atoms with Crippen LogP contribution in [0, 0.1) is 11.8 Å². The summed E-state index contributed by atoms with van der Waals surface area (Å²) >= 11 is 0. The first-order chi connectivity index (χ1) is 8.65. The summed E-state index contributed by atoms with van der Waals surface area (Å²) in [5.41, 5.74) is 0.232. The van der Waals surface area contributed by atoms with Crippen molar-refractivity contribution in [2.75, 3.05) is 27.4 Å². The van der Waals surface area contributed by atoms with Crippen LogP contribution in [0.2, 0.25) is 0 Å². The average molecular weight is 250 g/mol. The van der Waals surface area contributed by atoms with Crippen molar-refractivity contribution in [3.8, 4) is 11.8 Å². The van der Waals surface area contributed by atoms with E-state index in [0.717, 1.165) is 0 Å². The van der Waals surface area contributed by atoms with Crippen molar-refractivity contribution >= 4 is 11.6 Å². The molecule has 0 aliphatic heterocycles. The lowest BCUT2D eigenvalue weighted by Crippen LogP contribution is -2.23. The summed E-state index contributed by atoms with van der Waals surface area (Å²) in [4.78, 5) is 23.6. The van der Waals surface area contributed by atoms with Gasteiger partial charge in [-0.05, 0) is 13.0 Å². The molecular weight excluding hydrogens is 236 g/mol. The molecule has 96 valence electrons. The Hall–Kier alpha value is -2.06. The lowest BCUT2D eigenvalue weighted by molar-refractivity contribution is -0.120. The number of methoxy groups -OCH3 is 2. The maximum Gasteiger partial charge on any atom is 0.230 e. The van der Waals surface area contributed by atoms with Crippen molar-refractivity contribution in [2.45, 2.75) is 6.92 Å². The summed E-state index contributed by atoms with van der Waals surface area (Å²) in [6, 6.07) is 0. The Balaban J connectivity index is 2.81. The fourth-order valence-electron chi connectivity index (χ4n) is 1.42. The molecule has 0 unspecified atom stereocenters. The number of carbonyl (C=O) groups is 2. The van der Waals surface area contributed by atoms with Crippen LogP contribution in [0.15, 0.2) is 23.2 Å². The highest BCUT2D eigenvalue weighted by Crippen LogP contribution is 2.20. The van der Waals surface area contributed by atoms with Crippen LogP contribution in [0.25, 0.3) is 0 Å². The first-order valence-electron chi connectivity index (χ1n) is 5.24. The maximum atomic E-state index is 11.9. The van der Waals surface area contributed by atoms with E-state index in [9.17, 15) is 9.59 Å². The van der Waals surface area contributed by atoms with E-state index in [1.54, 1.807) is 6.92 Å². The monoisotopic (exact) mass is 250 g/mol. The molecule has 0 saturated heterocycles. The van der Waals surface area contributed by atoms with Crippen LogP contribution in [-0.2, 0) is 23.8 Å². The Bertz CT molecular complexity index is 473. The second-order valence-electron chi connectivity index (χ2n) is 3.35. The Morgan fingerprint density at radius 1 is 1.17 bits per heavy atom. The van der Waals surface area contributed by atoms with Crippen molar-refractivity contribution in [3.63, 3.8) is 0 Å². The summed E-state index contributed by atoms with van der Waals surface area (Å²) in [7, 11) is 2.62. The van der Waals surface area contributed by atoms with Gasteiger partial charge in [-0.25, -0.2) is 0 Å². The van der Waals surface area contributed by atoms with Gasteiger partial charge in [-0.1, -0.05) is 5.92 Å². The molecule has 5 nitrogen and oxygen atoms in total. The minimum absolute atomic E-state index is 0.0170. The van der Waals surface area contributed by atoms with Crippen LogP contribution >= 0.6 is 0 Å². The lowest BCUT2D eigenvalue weighted by atomic mass is 10.0. The van der Waals surface area contributed by atoms with E-state index >= 15 is 0 Å². The molecule has 0 radical (unpaired) electrons. The average Bonchev–Trinajstić information content (AvgIpc) is 2.37. The predicted molar refractivity (Wildman–Crippen MR) is 63.4 cm³/mol. The van der Waals surface area contributed by atoms with Gasteiger partial charge in [0, 0.05) is 5.57 Å². The molecule has 5 heteroatoms. The van der Waals surface area contributed by atoms with E-state index in [0.29, 0.717) is 0 Å². The van der Waals surface area contributed by atoms with Crippen LogP contribution in [0.1, 0.15) is 6.92 Å². The molecule has 0 bridgehead atoms. The SMILES string of the molecule is CC#CCOCC1=CC(=O)C(OC)=C(OC)C1=O. The van der Waals surface area contributed by atoms with E-state index < -0.39 is 11.6 Å². The molecule has 0 amide bonds. The second kappa shape index (κ2) is 6.62. The van der Waals surface area contributed by atoms with Gasteiger partial charge < -0.3 is 14.2 Å². The third-order valence-corrected chi connectivity index (χ3v) is 2.25. The van der Waals surface area contributed by atoms with Crippen molar-refractivity contribution < 1.29 is 23.8 Å². The zero-order chi connectivity index (χ0) is 13.5. The molecule has 0 spiro atoms. The van der Waals surface area contributed by atoms with Gasteiger partial charge in [0.05, 0.1) is 20.8 Å². The lowest BCUT2D eigenvalue weighted by Gasteiger charge is -2.16. The molecular formula is C13H14O5. The number of Topliss-reactive ketones (excluding diaryl/α,β-unsaturated/α-hetero) is 1. The molecule has 0 saturated carbocycles.